The molecule has 9 nitrogen and oxygen atoms in total. The summed E-state index contributed by atoms with van der Waals surface area (Å²) in [4.78, 5) is 20.9. The van der Waals surface area contributed by atoms with Gasteiger partial charge in [0.15, 0.2) is 6.23 Å². The van der Waals surface area contributed by atoms with Crippen molar-refractivity contribution < 1.29 is 33.8 Å². The smallest absolute Gasteiger partial charge is 0.387 e. The molecule has 0 aliphatic carbocycles. The van der Waals surface area contributed by atoms with Gasteiger partial charge in [0.25, 0.3) is 0 Å². The summed E-state index contributed by atoms with van der Waals surface area (Å²) in [5.74, 6) is 0. The highest BCUT2D eigenvalue weighted by atomic mass is 31.2. The molecule has 4 N–H and O–H groups in total. The fraction of sp³-hybridized carbons (Fsp3) is 0.625. The van der Waals surface area contributed by atoms with Crippen molar-refractivity contribution in [1.29, 1.82) is 0 Å². The van der Waals surface area contributed by atoms with E-state index in [1.807, 2.05) is 0 Å². The zero-order valence-electron chi connectivity index (χ0n) is 9.10. The lowest BCUT2D eigenvalue weighted by molar-refractivity contribution is -0.0520. The van der Waals surface area contributed by atoms with Crippen LogP contribution in [-0.2, 0) is 13.8 Å². The fourth-order valence-corrected chi connectivity index (χ4v) is 2.04. The maximum Gasteiger partial charge on any atom is 0.469 e. The van der Waals surface area contributed by atoms with E-state index < -0.39 is 39.0 Å². The van der Waals surface area contributed by atoms with Gasteiger partial charge in [0, 0.05) is 12.4 Å². The molecule has 1 aliphatic heterocycles. The summed E-state index contributed by atoms with van der Waals surface area (Å²) in [5.41, 5.74) is 0. The van der Waals surface area contributed by atoms with Crippen molar-refractivity contribution >= 4 is 7.82 Å². The van der Waals surface area contributed by atoms with Crippen molar-refractivity contribution in [2.45, 2.75) is 24.5 Å². The molecule has 10 heteroatoms. The van der Waals surface area contributed by atoms with E-state index in [0.29, 0.717) is 0 Å². The summed E-state index contributed by atoms with van der Waals surface area (Å²) in [7, 11) is -4.64. The number of aliphatic hydroxyl groups is 2. The van der Waals surface area contributed by atoms with Crippen LogP contribution >= 0.6 is 7.82 Å². The van der Waals surface area contributed by atoms with Crippen molar-refractivity contribution in [2.75, 3.05) is 6.61 Å². The Labute approximate surface area is 102 Å². The number of imidazole rings is 1. The summed E-state index contributed by atoms with van der Waals surface area (Å²) in [6.07, 6.45) is -0.0249. The number of rotatable bonds is 4. The number of hydrogen-bond donors (Lipinski definition) is 4. The van der Waals surface area contributed by atoms with Crippen LogP contribution in [0.5, 0.6) is 0 Å². The van der Waals surface area contributed by atoms with Crippen molar-refractivity contribution in [3.8, 4) is 0 Å². The molecular weight excluding hydrogens is 267 g/mol. The van der Waals surface area contributed by atoms with Gasteiger partial charge in [-0.25, -0.2) is 9.55 Å². The van der Waals surface area contributed by atoms with Crippen LogP contribution in [-0.4, -0.2) is 54.5 Å². The van der Waals surface area contributed by atoms with Crippen molar-refractivity contribution in [3.63, 3.8) is 0 Å². The van der Waals surface area contributed by atoms with Gasteiger partial charge in [-0.15, -0.1) is 0 Å². The third kappa shape index (κ3) is 2.96. The number of phosphoric acid groups is 1. The minimum absolute atomic E-state index is 0.520. The Morgan fingerprint density at radius 2 is 2.11 bits per heavy atom. The molecule has 0 aromatic carbocycles. The first-order chi connectivity index (χ1) is 8.38. The number of aliphatic hydroxyl groups excluding tert-OH is 2. The maximum absolute atomic E-state index is 10.5. The molecule has 2 rings (SSSR count). The maximum atomic E-state index is 10.5. The van der Waals surface area contributed by atoms with Crippen LogP contribution in [0.4, 0.5) is 0 Å². The Morgan fingerprint density at radius 1 is 1.39 bits per heavy atom. The first-order valence-corrected chi connectivity index (χ1v) is 6.60. The van der Waals surface area contributed by atoms with E-state index in [-0.39, 0.29) is 0 Å². The fourth-order valence-electron chi connectivity index (χ4n) is 1.70. The molecule has 102 valence electrons. The normalized spacial score (nSPS) is 32.9. The van der Waals surface area contributed by atoms with E-state index in [1.54, 1.807) is 0 Å². The van der Waals surface area contributed by atoms with Crippen molar-refractivity contribution in [1.82, 2.24) is 9.55 Å². The molecule has 0 spiro atoms. The van der Waals surface area contributed by atoms with Gasteiger partial charge in [0.2, 0.25) is 0 Å². The summed E-state index contributed by atoms with van der Waals surface area (Å²) >= 11 is 0. The molecule has 0 amide bonds. The van der Waals surface area contributed by atoms with Crippen LogP contribution in [0.25, 0.3) is 0 Å². The van der Waals surface area contributed by atoms with Gasteiger partial charge in [-0.2, -0.15) is 0 Å². The van der Waals surface area contributed by atoms with Crippen LogP contribution in [0.3, 0.4) is 0 Å². The molecule has 0 radical (unpaired) electrons. The number of aromatic nitrogens is 2. The number of nitrogens with zero attached hydrogens (tertiary/aromatic N) is 2. The lowest BCUT2D eigenvalue weighted by Gasteiger charge is -2.15. The largest absolute Gasteiger partial charge is 0.469 e. The van der Waals surface area contributed by atoms with Gasteiger partial charge in [-0.1, -0.05) is 0 Å². The predicted molar refractivity (Wildman–Crippen MR) is 56.1 cm³/mol. The average Bonchev–Trinajstić information content (AvgIpc) is 2.87. The minimum Gasteiger partial charge on any atom is -0.387 e. The molecule has 4 atom stereocenters. The molecule has 1 aliphatic rings. The molecule has 1 saturated heterocycles. The Kier molecular flexibility index (Phi) is 3.83. The van der Waals surface area contributed by atoms with Gasteiger partial charge < -0.3 is 29.3 Å². The number of phosphoric ester groups is 1. The highest BCUT2D eigenvalue weighted by Gasteiger charge is 2.44. The van der Waals surface area contributed by atoms with E-state index in [0.717, 1.165) is 0 Å². The first-order valence-electron chi connectivity index (χ1n) is 5.07. The third-order valence-corrected chi connectivity index (χ3v) is 3.05. The SMILES string of the molecule is O=P(O)(O)OC[C@H]1O[C@@H](n2ccnc2)[C@H](O)[C@@H]1O. The second kappa shape index (κ2) is 5.06. The van der Waals surface area contributed by atoms with E-state index in [9.17, 15) is 14.8 Å². The second-order valence-electron chi connectivity index (χ2n) is 3.84. The quantitative estimate of drug-likeness (QED) is 0.495. The third-order valence-electron chi connectivity index (χ3n) is 2.56. The minimum atomic E-state index is -4.64. The van der Waals surface area contributed by atoms with E-state index in [2.05, 4.69) is 9.51 Å². The lowest BCUT2D eigenvalue weighted by Crippen LogP contribution is -2.33. The Hall–Kier alpha value is -0.800. The summed E-state index contributed by atoms with van der Waals surface area (Å²) in [5, 5.41) is 19.4. The van der Waals surface area contributed by atoms with E-state index in [4.69, 9.17) is 14.5 Å². The molecule has 1 aromatic rings. The van der Waals surface area contributed by atoms with E-state index >= 15 is 0 Å². The zero-order valence-corrected chi connectivity index (χ0v) is 10.00. The second-order valence-corrected chi connectivity index (χ2v) is 5.08. The van der Waals surface area contributed by atoms with Crippen LogP contribution in [0, 0.1) is 0 Å². The molecular formula is C8H13N2O7P. The number of ether oxygens (including phenoxy) is 1. The molecule has 2 heterocycles. The molecule has 0 bridgehead atoms. The summed E-state index contributed by atoms with van der Waals surface area (Å²) < 4.78 is 21.5. The molecule has 18 heavy (non-hydrogen) atoms. The number of hydrogen-bond acceptors (Lipinski definition) is 6. The first kappa shape index (κ1) is 13.6. The van der Waals surface area contributed by atoms with Gasteiger partial charge in [-0.05, 0) is 0 Å². The molecule has 0 saturated carbocycles. The van der Waals surface area contributed by atoms with Crippen LogP contribution in [0.15, 0.2) is 18.7 Å². The standard InChI is InChI=1S/C8H13N2O7P/c11-6-5(3-16-18(13,14)15)17-8(7(6)12)10-2-1-9-4-10/h1-2,4-8,11-12H,3H2,(H2,13,14,15)/t5-,6-,7-,8-/m1/s1. The van der Waals surface area contributed by atoms with Gasteiger partial charge in [0.05, 0.1) is 12.9 Å². The Morgan fingerprint density at radius 3 is 2.67 bits per heavy atom. The van der Waals surface area contributed by atoms with Crippen LogP contribution < -0.4 is 0 Å². The van der Waals surface area contributed by atoms with Crippen LogP contribution in [0.2, 0.25) is 0 Å². The molecule has 1 aromatic heterocycles. The van der Waals surface area contributed by atoms with Crippen molar-refractivity contribution in [3.05, 3.63) is 18.7 Å². The molecule has 1 fully saturated rings. The molecule has 0 unspecified atom stereocenters. The Bertz CT molecular complexity index is 433. The lowest BCUT2D eigenvalue weighted by atomic mass is 10.1. The zero-order chi connectivity index (χ0) is 13.3. The topological polar surface area (TPSA) is 134 Å². The van der Waals surface area contributed by atoms with Gasteiger partial charge >= 0.3 is 7.82 Å². The van der Waals surface area contributed by atoms with Crippen LogP contribution in [0.1, 0.15) is 6.23 Å². The average molecular weight is 280 g/mol. The highest BCUT2D eigenvalue weighted by molar-refractivity contribution is 7.46. The highest BCUT2D eigenvalue weighted by Crippen LogP contribution is 2.38. The van der Waals surface area contributed by atoms with E-state index in [1.165, 1.54) is 23.3 Å². The van der Waals surface area contributed by atoms with Gasteiger partial charge in [-0.3, -0.25) is 4.52 Å². The Balaban J connectivity index is 2.01. The van der Waals surface area contributed by atoms with Crippen molar-refractivity contribution in [2.24, 2.45) is 0 Å². The summed E-state index contributed by atoms with van der Waals surface area (Å²) in [6, 6.07) is 0. The summed E-state index contributed by atoms with van der Waals surface area (Å²) in [6.45, 7) is -0.520. The monoisotopic (exact) mass is 280 g/mol. The van der Waals surface area contributed by atoms with Gasteiger partial charge in [0.1, 0.15) is 18.3 Å². The predicted octanol–water partition coefficient (Wildman–Crippen LogP) is -1.39.